The van der Waals surface area contributed by atoms with Crippen LogP contribution in [-0.4, -0.2) is 0 Å². The molecule has 2 nitrogen and oxygen atoms in total. The molecule has 0 N–H and O–H groups in total. The lowest BCUT2D eigenvalue weighted by Gasteiger charge is -2.28. The minimum absolute atomic E-state index is 0.585. The van der Waals surface area contributed by atoms with Gasteiger partial charge in [-0.15, -0.1) is 0 Å². The van der Waals surface area contributed by atoms with Crippen LogP contribution < -0.4 is 9.80 Å². The summed E-state index contributed by atoms with van der Waals surface area (Å²) in [6.07, 6.45) is 2.10. The summed E-state index contributed by atoms with van der Waals surface area (Å²) in [7, 11) is 0. The molecule has 0 spiro atoms. The van der Waals surface area contributed by atoms with E-state index >= 15 is 0 Å². The van der Waals surface area contributed by atoms with Crippen molar-refractivity contribution >= 4 is 77.2 Å². The molecule has 0 amide bonds. The Bertz CT molecular complexity index is 3310. The van der Waals surface area contributed by atoms with Gasteiger partial charge < -0.3 is 9.80 Å². The number of hydrogen-bond acceptors (Lipinski definition) is 2. The first-order valence-corrected chi connectivity index (χ1v) is 24.2. The third kappa shape index (κ3) is 8.39. The van der Waals surface area contributed by atoms with Gasteiger partial charge >= 0.3 is 0 Å². The fourth-order valence-corrected chi connectivity index (χ4v) is 10.3. The maximum Gasteiger partial charge on any atom is 0.0468 e. The van der Waals surface area contributed by atoms with Crippen molar-refractivity contribution in [1.82, 2.24) is 0 Å². The van der Waals surface area contributed by atoms with Gasteiger partial charge in [0.15, 0.2) is 0 Å². The van der Waals surface area contributed by atoms with Crippen molar-refractivity contribution in [3.05, 3.63) is 242 Å². The van der Waals surface area contributed by atoms with Crippen LogP contribution in [0, 0.1) is 11.8 Å². The molecule has 11 rings (SSSR count). The second kappa shape index (κ2) is 18.4. The Morgan fingerprint density at radius 2 is 0.603 bits per heavy atom. The van der Waals surface area contributed by atoms with E-state index in [2.05, 4.69) is 268 Å². The van der Waals surface area contributed by atoms with E-state index in [1.165, 1.54) is 76.5 Å². The monoisotopic (exact) mass is 876 g/mol. The largest absolute Gasteiger partial charge is 0.310 e. The van der Waals surface area contributed by atoms with Crippen LogP contribution in [0.25, 0.3) is 65.3 Å². The van der Waals surface area contributed by atoms with Crippen molar-refractivity contribution in [3.63, 3.8) is 0 Å². The van der Waals surface area contributed by atoms with Crippen molar-refractivity contribution in [2.75, 3.05) is 9.80 Å². The standard InChI is InChI=1S/C66H56N2/c1-45(2)39-47-23-29-55(30-24-47)67(57-33-27-49-15-11-13-21-53(49)41-57)59-35-37-61-63(43-59)65(51-17-7-5-8-18-51)62-38-36-60(44-64(62)66(61)52-19-9-6-10-20-52)68(56-31-25-48(26-32-56)40-46(3)4)58-34-28-50-16-12-14-22-54(50)42-58/h5-38,41-46H,39-40H2,1-4H3. The average molecular weight is 877 g/mol. The Balaban J connectivity index is 1.17. The molecular formula is C66H56N2. The zero-order chi connectivity index (χ0) is 46.1. The summed E-state index contributed by atoms with van der Waals surface area (Å²) in [5.41, 5.74) is 14.3. The fourth-order valence-electron chi connectivity index (χ4n) is 10.3. The number of nitrogens with zero attached hydrogens (tertiary/aromatic N) is 2. The van der Waals surface area contributed by atoms with E-state index in [1.54, 1.807) is 0 Å². The first kappa shape index (κ1) is 42.7. The van der Waals surface area contributed by atoms with E-state index in [0.717, 1.165) is 47.0 Å². The van der Waals surface area contributed by atoms with Gasteiger partial charge in [0.25, 0.3) is 0 Å². The highest BCUT2D eigenvalue weighted by molar-refractivity contribution is 6.22. The smallest absolute Gasteiger partial charge is 0.0468 e. The highest BCUT2D eigenvalue weighted by Gasteiger charge is 2.23. The molecule has 0 unspecified atom stereocenters. The third-order valence-corrected chi connectivity index (χ3v) is 13.4. The number of hydrogen-bond donors (Lipinski definition) is 0. The molecule has 0 radical (unpaired) electrons. The Kier molecular flexibility index (Phi) is 11.5. The summed E-state index contributed by atoms with van der Waals surface area (Å²) < 4.78 is 0. The molecular weight excluding hydrogens is 821 g/mol. The highest BCUT2D eigenvalue weighted by Crippen LogP contribution is 2.48. The lowest BCUT2D eigenvalue weighted by atomic mass is 9.85. The maximum absolute atomic E-state index is 2.44. The first-order chi connectivity index (χ1) is 33.3. The Morgan fingerprint density at radius 3 is 0.985 bits per heavy atom. The van der Waals surface area contributed by atoms with Gasteiger partial charge in [-0.25, -0.2) is 0 Å². The van der Waals surface area contributed by atoms with Gasteiger partial charge in [0.1, 0.15) is 0 Å². The third-order valence-electron chi connectivity index (χ3n) is 13.4. The van der Waals surface area contributed by atoms with Gasteiger partial charge in [0.05, 0.1) is 0 Å². The van der Waals surface area contributed by atoms with Crippen LogP contribution >= 0.6 is 0 Å². The SMILES string of the molecule is CC(C)Cc1ccc(N(c2ccc3ccccc3c2)c2ccc3c(-c4ccccc4)c4cc(N(c5ccc(CC(C)C)cc5)c5ccc6ccccc6c5)ccc4c(-c4ccccc4)c3c2)cc1. The summed E-state index contributed by atoms with van der Waals surface area (Å²) in [5.74, 6) is 1.17. The van der Waals surface area contributed by atoms with Crippen molar-refractivity contribution in [2.45, 2.75) is 40.5 Å². The topological polar surface area (TPSA) is 6.48 Å². The van der Waals surface area contributed by atoms with Gasteiger partial charge in [0.2, 0.25) is 0 Å². The molecule has 0 heterocycles. The molecule has 0 bridgehead atoms. The summed E-state index contributed by atoms with van der Waals surface area (Å²) in [6, 6.07) is 85.7. The Hall–Kier alpha value is -7.94. The number of benzene rings is 11. The molecule has 0 aliphatic heterocycles. The van der Waals surface area contributed by atoms with Gasteiger partial charge in [-0.2, -0.15) is 0 Å². The predicted molar refractivity (Wildman–Crippen MR) is 294 cm³/mol. The molecule has 11 aromatic rings. The van der Waals surface area contributed by atoms with Gasteiger partial charge in [-0.05, 0) is 174 Å². The summed E-state index contributed by atoms with van der Waals surface area (Å²) in [6.45, 7) is 9.15. The average Bonchev–Trinajstić information content (AvgIpc) is 3.37. The van der Waals surface area contributed by atoms with E-state index in [1.807, 2.05) is 0 Å². The summed E-state index contributed by atoms with van der Waals surface area (Å²) in [5, 5.41) is 9.74. The number of fused-ring (bicyclic) bond motifs is 4. The molecule has 0 atom stereocenters. The van der Waals surface area contributed by atoms with E-state index in [4.69, 9.17) is 0 Å². The van der Waals surface area contributed by atoms with Gasteiger partial charge in [0, 0.05) is 34.1 Å². The van der Waals surface area contributed by atoms with Crippen molar-refractivity contribution in [3.8, 4) is 22.3 Å². The van der Waals surface area contributed by atoms with Crippen LogP contribution in [0.1, 0.15) is 38.8 Å². The number of rotatable bonds is 12. The van der Waals surface area contributed by atoms with Crippen molar-refractivity contribution < 1.29 is 0 Å². The van der Waals surface area contributed by atoms with E-state index in [0.29, 0.717) is 11.8 Å². The zero-order valence-electron chi connectivity index (χ0n) is 39.4. The van der Waals surface area contributed by atoms with E-state index in [-0.39, 0.29) is 0 Å². The fraction of sp³-hybridized carbons (Fsp3) is 0.121. The maximum atomic E-state index is 2.44. The predicted octanol–water partition coefficient (Wildman–Crippen LogP) is 19.0. The summed E-state index contributed by atoms with van der Waals surface area (Å²) >= 11 is 0. The van der Waals surface area contributed by atoms with Crippen LogP contribution in [0.3, 0.4) is 0 Å². The Morgan fingerprint density at radius 1 is 0.279 bits per heavy atom. The van der Waals surface area contributed by atoms with Crippen LogP contribution in [0.5, 0.6) is 0 Å². The lowest BCUT2D eigenvalue weighted by molar-refractivity contribution is 0.647. The minimum atomic E-state index is 0.585. The molecule has 0 aliphatic rings. The molecule has 0 saturated heterocycles. The van der Waals surface area contributed by atoms with Crippen molar-refractivity contribution in [1.29, 1.82) is 0 Å². The molecule has 0 aromatic heterocycles. The van der Waals surface area contributed by atoms with E-state index < -0.39 is 0 Å². The molecule has 0 aliphatic carbocycles. The lowest BCUT2D eigenvalue weighted by Crippen LogP contribution is -2.11. The number of anilines is 6. The van der Waals surface area contributed by atoms with Crippen LogP contribution in [0.2, 0.25) is 0 Å². The summed E-state index contributed by atoms with van der Waals surface area (Å²) in [4.78, 5) is 4.87. The van der Waals surface area contributed by atoms with Gasteiger partial charge in [-0.1, -0.05) is 185 Å². The van der Waals surface area contributed by atoms with Crippen LogP contribution in [0.4, 0.5) is 34.1 Å². The van der Waals surface area contributed by atoms with Crippen molar-refractivity contribution in [2.24, 2.45) is 11.8 Å². The molecule has 330 valence electrons. The van der Waals surface area contributed by atoms with Gasteiger partial charge in [-0.3, -0.25) is 0 Å². The van der Waals surface area contributed by atoms with E-state index in [9.17, 15) is 0 Å². The highest BCUT2D eigenvalue weighted by atomic mass is 15.1. The molecule has 11 aromatic carbocycles. The van der Waals surface area contributed by atoms with Crippen LogP contribution in [-0.2, 0) is 12.8 Å². The minimum Gasteiger partial charge on any atom is -0.310 e. The molecule has 0 fully saturated rings. The zero-order valence-corrected chi connectivity index (χ0v) is 39.4. The second-order valence-corrected chi connectivity index (χ2v) is 19.2. The quantitative estimate of drug-likeness (QED) is 0.113. The normalized spacial score (nSPS) is 11.6. The molecule has 0 saturated carbocycles. The first-order valence-electron chi connectivity index (χ1n) is 24.2. The molecule has 68 heavy (non-hydrogen) atoms. The Labute approximate surface area is 401 Å². The second-order valence-electron chi connectivity index (χ2n) is 19.2. The molecule has 2 heteroatoms. The van der Waals surface area contributed by atoms with Crippen LogP contribution in [0.15, 0.2) is 231 Å².